The molecule has 0 saturated carbocycles. The second-order valence-electron chi connectivity index (χ2n) is 5.77. The number of rotatable bonds is 4. The molecule has 0 bridgehead atoms. The van der Waals surface area contributed by atoms with E-state index in [1.165, 1.54) is 36.4 Å². The van der Waals surface area contributed by atoms with Gasteiger partial charge in [-0.3, -0.25) is 9.36 Å². The first-order valence-electron chi connectivity index (χ1n) is 7.60. The zero-order chi connectivity index (χ0) is 20.7. The molecule has 0 fully saturated rings. The Hall–Kier alpha value is -2.26. The number of alkyl halides is 2. The number of halogens is 4. The largest absolute Gasteiger partial charge is 0.399 e. The van der Waals surface area contributed by atoms with Crippen LogP contribution in [0.2, 0.25) is 0 Å². The van der Waals surface area contributed by atoms with Crippen molar-refractivity contribution in [2.24, 2.45) is 0 Å². The minimum atomic E-state index is -5.78. The summed E-state index contributed by atoms with van der Waals surface area (Å²) in [6, 6.07) is 9.94. The molecule has 0 aliphatic heterocycles. The van der Waals surface area contributed by atoms with E-state index in [0.717, 1.165) is 12.1 Å². The number of amides is 1. The maximum atomic E-state index is 14.1. The topological polar surface area (TPSA) is 99.5 Å². The molecule has 3 N–H and O–H groups in total. The summed E-state index contributed by atoms with van der Waals surface area (Å²) in [6.45, 7) is 0. The lowest BCUT2D eigenvalue weighted by molar-refractivity contribution is 0.0558. The van der Waals surface area contributed by atoms with Crippen LogP contribution in [0.15, 0.2) is 53.0 Å². The molecule has 1 heterocycles. The van der Waals surface area contributed by atoms with E-state index in [4.69, 9.17) is 9.79 Å². The van der Waals surface area contributed by atoms with Gasteiger partial charge in [-0.05, 0) is 36.4 Å². The average molecular weight is 475 g/mol. The number of nitrogens with one attached hydrogen (secondary N) is 1. The smallest absolute Gasteiger partial charge is 0.321 e. The number of benzene rings is 2. The third kappa shape index (κ3) is 3.95. The van der Waals surface area contributed by atoms with Gasteiger partial charge in [-0.15, -0.1) is 0 Å². The fourth-order valence-electron chi connectivity index (χ4n) is 2.42. The molecular weight excluding hydrogens is 464 g/mol. The van der Waals surface area contributed by atoms with Crippen LogP contribution < -0.4 is 5.32 Å². The molecule has 6 nitrogen and oxygen atoms in total. The molecule has 2 aromatic carbocycles. The van der Waals surface area contributed by atoms with Crippen LogP contribution in [0.25, 0.3) is 10.9 Å². The lowest BCUT2D eigenvalue weighted by Gasteiger charge is -2.19. The maximum absolute atomic E-state index is 14.1. The van der Waals surface area contributed by atoms with E-state index < -0.39 is 30.5 Å². The third-order valence-corrected chi connectivity index (χ3v) is 5.41. The minimum Gasteiger partial charge on any atom is -0.321 e. The summed E-state index contributed by atoms with van der Waals surface area (Å²) in [5, 5.41) is 2.78. The molecule has 0 spiro atoms. The van der Waals surface area contributed by atoms with Crippen molar-refractivity contribution in [3.63, 3.8) is 0 Å². The van der Waals surface area contributed by atoms with Crippen LogP contribution >= 0.6 is 23.5 Å². The van der Waals surface area contributed by atoms with Crippen LogP contribution in [0.5, 0.6) is 0 Å². The van der Waals surface area contributed by atoms with Gasteiger partial charge in [-0.1, -0.05) is 28.1 Å². The second kappa shape index (κ2) is 7.29. The summed E-state index contributed by atoms with van der Waals surface area (Å²) in [6.07, 6.45) is 0. The first-order chi connectivity index (χ1) is 13.0. The third-order valence-electron chi connectivity index (χ3n) is 3.78. The Kier molecular flexibility index (Phi) is 5.33. The van der Waals surface area contributed by atoms with E-state index in [0.29, 0.717) is 5.39 Å². The number of aromatic nitrogens is 1. The van der Waals surface area contributed by atoms with Crippen molar-refractivity contribution in [2.45, 2.75) is 5.66 Å². The van der Waals surface area contributed by atoms with Gasteiger partial charge in [0.1, 0.15) is 11.5 Å². The van der Waals surface area contributed by atoms with E-state index in [9.17, 15) is 22.5 Å². The van der Waals surface area contributed by atoms with Gasteiger partial charge in [0.05, 0.1) is 5.52 Å². The van der Waals surface area contributed by atoms with Crippen molar-refractivity contribution in [2.75, 3.05) is 5.32 Å². The van der Waals surface area contributed by atoms with E-state index in [2.05, 4.69) is 26.2 Å². The molecule has 0 aliphatic carbocycles. The number of fused-ring (bicyclic) bond motifs is 1. The molecule has 146 valence electrons. The number of carbonyl (C=O) groups is 1. The molecule has 3 rings (SSSR count). The van der Waals surface area contributed by atoms with Gasteiger partial charge < -0.3 is 15.1 Å². The van der Waals surface area contributed by atoms with Gasteiger partial charge in [0.25, 0.3) is 5.91 Å². The number of hydrogen-bond acceptors (Lipinski definition) is 3. The van der Waals surface area contributed by atoms with Crippen LogP contribution in [-0.2, 0) is 10.2 Å². The first kappa shape index (κ1) is 20.5. The number of hydrogen-bond donors (Lipinski definition) is 3. The van der Waals surface area contributed by atoms with E-state index >= 15 is 0 Å². The van der Waals surface area contributed by atoms with Crippen LogP contribution in [0.3, 0.4) is 0 Å². The highest BCUT2D eigenvalue weighted by molar-refractivity contribution is 9.10. The first-order valence-corrected chi connectivity index (χ1v) is 10.0. The average Bonchev–Trinajstić information content (AvgIpc) is 2.59. The Bertz CT molecular complexity index is 1140. The summed E-state index contributed by atoms with van der Waals surface area (Å²) >= 11 is 2.88. The van der Waals surface area contributed by atoms with Gasteiger partial charge >= 0.3 is 13.3 Å². The number of anilines is 1. The van der Waals surface area contributed by atoms with Crippen molar-refractivity contribution in [3.8, 4) is 0 Å². The fourth-order valence-corrected chi connectivity index (χ4v) is 3.68. The van der Waals surface area contributed by atoms with E-state index in [1.54, 1.807) is 0 Å². The van der Waals surface area contributed by atoms with Crippen molar-refractivity contribution >= 4 is 46.0 Å². The Morgan fingerprint density at radius 3 is 2.50 bits per heavy atom. The Morgan fingerprint density at radius 2 is 1.86 bits per heavy atom. The number of nitrogens with zero attached hydrogens (tertiary/aromatic N) is 1. The van der Waals surface area contributed by atoms with Crippen molar-refractivity contribution < 1.29 is 32.3 Å². The van der Waals surface area contributed by atoms with Gasteiger partial charge in [0.15, 0.2) is 0 Å². The summed E-state index contributed by atoms with van der Waals surface area (Å²) < 4.78 is 52.4. The highest BCUT2D eigenvalue weighted by atomic mass is 79.9. The zero-order valence-electron chi connectivity index (χ0n) is 13.7. The van der Waals surface area contributed by atoms with Crippen molar-refractivity contribution in [1.29, 1.82) is 0 Å². The highest BCUT2D eigenvalue weighted by Gasteiger charge is 2.51. The molecule has 0 saturated heterocycles. The second-order valence-corrected chi connectivity index (χ2v) is 8.28. The Balaban J connectivity index is 2.02. The molecule has 0 radical (unpaired) electrons. The zero-order valence-corrected chi connectivity index (χ0v) is 16.2. The highest BCUT2D eigenvalue weighted by Crippen LogP contribution is 2.60. The molecular formula is C17H11BrF3N2O4P. The molecule has 11 heteroatoms. The van der Waals surface area contributed by atoms with Gasteiger partial charge in [0.2, 0.25) is 0 Å². The Morgan fingerprint density at radius 1 is 1.14 bits per heavy atom. The lowest BCUT2D eigenvalue weighted by atomic mass is 10.1. The molecule has 1 aromatic heterocycles. The van der Waals surface area contributed by atoms with Crippen molar-refractivity contribution in [3.05, 3.63) is 70.1 Å². The van der Waals surface area contributed by atoms with Gasteiger partial charge in [-0.25, -0.2) is 9.37 Å². The minimum absolute atomic E-state index is 0.0711. The molecule has 3 aromatic rings. The van der Waals surface area contributed by atoms with Crippen LogP contribution in [0, 0.1) is 5.82 Å². The predicted octanol–water partition coefficient (Wildman–Crippen LogP) is 4.62. The standard InChI is InChI=1S/C17H11BrF3N2O4P/c18-13-6-9-4-5-14(16(24)22-11-3-1-2-10(19)7-11)23-15(9)8-12(13)17(20,21)28(25,26)27/h1-8H,(H,22,24)(H2,25,26,27). The normalized spacial score (nSPS) is 12.2. The van der Waals surface area contributed by atoms with Crippen LogP contribution in [0.1, 0.15) is 16.1 Å². The van der Waals surface area contributed by atoms with Crippen LogP contribution in [0.4, 0.5) is 18.9 Å². The monoisotopic (exact) mass is 474 g/mol. The summed E-state index contributed by atoms with van der Waals surface area (Å²) in [4.78, 5) is 34.2. The van der Waals surface area contributed by atoms with Gasteiger partial charge in [0, 0.05) is 21.1 Å². The lowest BCUT2D eigenvalue weighted by Crippen LogP contribution is -2.15. The number of pyridine rings is 1. The molecule has 1 amide bonds. The molecule has 0 aliphatic rings. The van der Waals surface area contributed by atoms with Crippen molar-refractivity contribution in [1.82, 2.24) is 4.98 Å². The van der Waals surface area contributed by atoms with E-state index in [-0.39, 0.29) is 21.4 Å². The quantitative estimate of drug-likeness (QED) is 0.479. The molecule has 0 unspecified atom stereocenters. The fraction of sp³-hybridized carbons (Fsp3) is 0.0588. The summed E-state index contributed by atoms with van der Waals surface area (Å²) in [5.41, 5.74) is -5.44. The SMILES string of the molecule is O=C(Nc1cccc(F)c1)c1ccc2cc(Br)c(C(F)(F)P(=O)(O)O)cc2n1. The number of carbonyl (C=O) groups excluding carboxylic acids is 1. The molecule has 0 atom stereocenters. The van der Waals surface area contributed by atoms with Gasteiger partial charge in [-0.2, -0.15) is 8.78 Å². The maximum Gasteiger partial charge on any atom is 0.399 e. The van der Waals surface area contributed by atoms with Crippen LogP contribution in [-0.4, -0.2) is 20.7 Å². The summed E-state index contributed by atoms with van der Waals surface area (Å²) in [7, 11) is -5.78. The predicted molar refractivity (Wildman–Crippen MR) is 99.7 cm³/mol. The van der Waals surface area contributed by atoms with E-state index in [1.807, 2.05) is 0 Å². The Labute approximate surface area is 164 Å². The summed E-state index contributed by atoms with van der Waals surface area (Å²) in [5.74, 6) is -1.27. The molecule has 28 heavy (non-hydrogen) atoms.